The van der Waals surface area contributed by atoms with Gasteiger partial charge in [-0.3, -0.25) is 9.89 Å². The van der Waals surface area contributed by atoms with Crippen molar-refractivity contribution in [3.8, 4) is 0 Å². The lowest BCUT2D eigenvalue weighted by Crippen LogP contribution is -2.40. The standard InChI is InChI=1S/C23H28N8O2S/c32-14-10-15-17(11-14)25-22(31-8-3-6-18(31)21(33)28-23-24-7-9-34-23)27-20(15)26-19-12-16(29-30-19)13-4-1-2-5-13/h7,9,12-14,18,32H,1-6,8,10-11H2,(H,24,28,33)(H2,25,26,27,29,30)/t14-,18+/m1/s1. The zero-order valence-electron chi connectivity index (χ0n) is 18.8. The smallest absolute Gasteiger partial charge is 0.248 e. The van der Waals surface area contributed by atoms with Gasteiger partial charge in [0.2, 0.25) is 11.9 Å². The van der Waals surface area contributed by atoms with Crippen LogP contribution in [-0.2, 0) is 17.6 Å². The zero-order valence-corrected chi connectivity index (χ0v) is 19.6. The van der Waals surface area contributed by atoms with Crippen LogP contribution in [0, 0.1) is 0 Å². The van der Waals surface area contributed by atoms with Crippen LogP contribution < -0.4 is 15.5 Å². The van der Waals surface area contributed by atoms with Gasteiger partial charge in [0.25, 0.3) is 0 Å². The second kappa shape index (κ2) is 8.95. The third-order valence-electron chi connectivity index (χ3n) is 7.06. The topological polar surface area (TPSA) is 132 Å². The lowest BCUT2D eigenvalue weighted by atomic mass is 10.0. The van der Waals surface area contributed by atoms with E-state index >= 15 is 0 Å². The van der Waals surface area contributed by atoms with Crippen molar-refractivity contribution in [3.63, 3.8) is 0 Å². The van der Waals surface area contributed by atoms with Gasteiger partial charge in [0.15, 0.2) is 10.9 Å². The molecule has 34 heavy (non-hydrogen) atoms. The van der Waals surface area contributed by atoms with E-state index in [2.05, 4.69) is 31.9 Å². The molecule has 0 aromatic carbocycles. The highest BCUT2D eigenvalue weighted by atomic mass is 32.1. The Hall–Kier alpha value is -3.05. The number of hydrogen-bond acceptors (Lipinski definition) is 9. The first kappa shape index (κ1) is 21.5. The van der Waals surface area contributed by atoms with Gasteiger partial charge in [0.1, 0.15) is 11.9 Å². The maximum absolute atomic E-state index is 13.0. The fourth-order valence-electron chi connectivity index (χ4n) is 5.38. The van der Waals surface area contributed by atoms with Crippen LogP contribution in [0.5, 0.6) is 0 Å². The molecule has 4 heterocycles. The maximum Gasteiger partial charge on any atom is 0.248 e. The number of fused-ring (bicyclic) bond motifs is 1. The average Bonchev–Trinajstić information content (AvgIpc) is 3.64. The Morgan fingerprint density at radius 2 is 2.06 bits per heavy atom. The Balaban J connectivity index is 1.27. The van der Waals surface area contributed by atoms with Crippen molar-refractivity contribution < 1.29 is 9.90 Å². The average molecular weight is 481 g/mol. The first-order valence-corrected chi connectivity index (χ1v) is 12.9. The summed E-state index contributed by atoms with van der Waals surface area (Å²) in [6, 6.07) is 1.70. The summed E-state index contributed by atoms with van der Waals surface area (Å²) in [5.41, 5.74) is 2.91. The van der Waals surface area contributed by atoms with Gasteiger partial charge in [-0.25, -0.2) is 9.97 Å². The van der Waals surface area contributed by atoms with Gasteiger partial charge in [-0.1, -0.05) is 12.8 Å². The van der Waals surface area contributed by atoms with Gasteiger partial charge in [0, 0.05) is 54.2 Å². The van der Waals surface area contributed by atoms with E-state index in [1.807, 2.05) is 10.3 Å². The van der Waals surface area contributed by atoms with E-state index in [-0.39, 0.29) is 11.9 Å². The maximum atomic E-state index is 13.0. The van der Waals surface area contributed by atoms with E-state index in [1.165, 1.54) is 37.0 Å². The summed E-state index contributed by atoms with van der Waals surface area (Å²) >= 11 is 1.40. The number of amides is 1. The van der Waals surface area contributed by atoms with Crippen molar-refractivity contribution in [2.24, 2.45) is 0 Å². The number of rotatable bonds is 6. The molecule has 2 atom stereocenters. The molecule has 4 N–H and O–H groups in total. The Kier molecular flexibility index (Phi) is 5.66. The van der Waals surface area contributed by atoms with Crippen LogP contribution in [0.3, 0.4) is 0 Å². The molecule has 10 nitrogen and oxygen atoms in total. The lowest BCUT2D eigenvalue weighted by molar-refractivity contribution is -0.117. The van der Waals surface area contributed by atoms with E-state index in [1.54, 1.807) is 6.20 Å². The Morgan fingerprint density at radius 3 is 2.88 bits per heavy atom. The molecule has 11 heteroatoms. The molecular weight excluding hydrogens is 452 g/mol. The molecule has 3 aromatic heterocycles. The molecule has 1 amide bonds. The predicted octanol–water partition coefficient (Wildman–Crippen LogP) is 3.12. The second-order valence-electron chi connectivity index (χ2n) is 9.35. The molecule has 3 aliphatic rings. The van der Waals surface area contributed by atoms with E-state index in [0.29, 0.717) is 42.2 Å². The van der Waals surface area contributed by atoms with Crippen LogP contribution in [0.15, 0.2) is 17.6 Å². The van der Waals surface area contributed by atoms with Crippen molar-refractivity contribution in [3.05, 3.63) is 34.6 Å². The first-order chi connectivity index (χ1) is 16.6. The number of anilines is 4. The van der Waals surface area contributed by atoms with E-state index < -0.39 is 6.10 Å². The normalized spacial score (nSPS) is 22.3. The number of carbonyl (C=O) groups is 1. The molecule has 0 radical (unpaired) electrons. The predicted molar refractivity (Wildman–Crippen MR) is 130 cm³/mol. The Bertz CT molecular complexity index is 1170. The summed E-state index contributed by atoms with van der Waals surface area (Å²) in [5, 5.41) is 26.7. The summed E-state index contributed by atoms with van der Waals surface area (Å²) < 4.78 is 0. The summed E-state index contributed by atoms with van der Waals surface area (Å²) in [4.78, 5) is 28.7. The van der Waals surface area contributed by atoms with Crippen molar-refractivity contribution in [1.29, 1.82) is 0 Å². The number of aromatic amines is 1. The van der Waals surface area contributed by atoms with Crippen molar-refractivity contribution in [2.75, 3.05) is 22.1 Å². The van der Waals surface area contributed by atoms with Gasteiger partial charge < -0.3 is 20.6 Å². The molecule has 1 saturated carbocycles. The molecular formula is C23H28N8O2S. The number of nitrogens with one attached hydrogen (secondary N) is 3. The van der Waals surface area contributed by atoms with Gasteiger partial charge >= 0.3 is 0 Å². The largest absolute Gasteiger partial charge is 0.392 e. The zero-order chi connectivity index (χ0) is 23.1. The molecule has 3 aromatic rings. The van der Waals surface area contributed by atoms with Crippen molar-refractivity contribution in [2.45, 2.75) is 69.4 Å². The monoisotopic (exact) mass is 480 g/mol. The molecule has 2 fully saturated rings. The molecule has 178 valence electrons. The van der Waals surface area contributed by atoms with Gasteiger partial charge in [0.05, 0.1) is 11.8 Å². The number of carbonyl (C=O) groups excluding carboxylic acids is 1. The SMILES string of the molecule is O=C(Nc1nccs1)[C@@H]1CCCN1c1nc2c(c(Nc3cc(C4CCCC4)[nH]n3)n1)C[C@@H](O)C2. The number of aliphatic hydroxyl groups is 1. The molecule has 1 aliphatic heterocycles. The van der Waals surface area contributed by atoms with Gasteiger partial charge in [-0.05, 0) is 25.7 Å². The number of hydrogen-bond donors (Lipinski definition) is 4. The van der Waals surface area contributed by atoms with Crippen LogP contribution in [-0.4, -0.2) is 54.9 Å². The van der Waals surface area contributed by atoms with E-state index in [0.717, 1.165) is 35.6 Å². The first-order valence-electron chi connectivity index (χ1n) is 12.0. The fourth-order valence-corrected chi connectivity index (χ4v) is 5.92. The van der Waals surface area contributed by atoms with Gasteiger partial charge in [-0.15, -0.1) is 11.3 Å². The molecule has 0 spiro atoms. The van der Waals surface area contributed by atoms with Gasteiger partial charge in [-0.2, -0.15) is 10.1 Å². The van der Waals surface area contributed by atoms with Crippen molar-refractivity contribution in [1.82, 2.24) is 25.1 Å². The van der Waals surface area contributed by atoms with E-state index in [9.17, 15) is 9.90 Å². The molecule has 2 aliphatic carbocycles. The molecule has 0 bridgehead atoms. The molecule has 1 saturated heterocycles. The second-order valence-corrected chi connectivity index (χ2v) is 10.2. The van der Waals surface area contributed by atoms with Crippen LogP contribution in [0.2, 0.25) is 0 Å². The van der Waals surface area contributed by atoms with Crippen LogP contribution in [0.1, 0.15) is 61.4 Å². The molecule has 6 rings (SSSR count). The number of aliphatic hydroxyl groups excluding tert-OH is 1. The summed E-state index contributed by atoms with van der Waals surface area (Å²) in [6.07, 6.45) is 8.71. The lowest BCUT2D eigenvalue weighted by Gasteiger charge is -2.24. The number of thiazole rings is 1. The number of H-pyrrole nitrogens is 1. The minimum Gasteiger partial charge on any atom is -0.392 e. The minimum absolute atomic E-state index is 0.0976. The highest BCUT2D eigenvalue weighted by Crippen LogP contribution is 2.36. The third kappa shape index (κ3) is 4.14. The summed E-state index contributed by atoms with van der Waals surface area (Å²) in [6.45, 7) is 0.699. The highest BCUT2D eigenvalue weighted by Gasteiger charge is 2.35. The minimum atomic E-state index is -0.476. The van der Waals surface area contributed by atoms with Crippen LogP contribution in [0.25, 0.3) is 0 Å². The Labute approximate surface area is 201 Å². The van der Waals surface area contributed by atoms with Crippen LogP contribution >= 0.6 is 11.3 Å². The number of aromatic nitrogens is 5. The van der Waals surface area contributed by atoms with E-state index in [4.69, 9.17) is 9.97 Å². The van der Waals surface area contributed by atoms with Crippen LogP contribution in [0.4, 0.5) is 22.7 Å². The highest BCUT2D eigenvalue weighted by molar-refractivity contribution is 7.13. The third-order valence-corrected chi connectivity index (χ3v) is 7.75. The van der Waals surface area contributed by atoms with Crippen molar-refractivity contribution >= 4 is 40.0 Å². The summed E-state index contributed by atoms with van der Waals surface area (Å²) in [7, 11) is 0. The Morgan fingerprint density at radius 1 is 1.18 bits per heavy atom. The number of nitrogens with zero attached hydrogens (tertiary/aromatic N) is 5. The summed E-state index contributed by atoms with van der Waals surface area (Å²) in [5.74, 6) is 2.33. The quantitative estimate of drug-likeness (QED) is 0.423. The molecule has 0 unspecified atom stereocenters. The fraction of sp³-hybridized carbons (Fsp3) is 0.522.